The standard InChI is InChI=1S/C50H35N3/c1-2-13-35(14-3-1)52-47-24-11-8-21-44(47)51-49(52)33-27-25-32(26-28-33)34-29-30-37-36-15-4-6-18-40(36)50(43(37)31-34)41-19-7-10-23-46(41)53-45-22-9-5-16-38(45)39-17-12-20-42(50)48(39)53/h1-31,44,47,49,51H. The van der Waals surface area contributed by atoms with Crippen LogP contribution in [-0.2, 0) is 5.41 Å². The summed E-state index contributed by atoms with van der Waals surface area (Å²) in [5, 5.41) is 6.53. The zero-order chi connectivity index (χ0) is 34.7. The zero-order valence-corrected chi connectivity index (χ0v) is 29.0. The van der Waals surface area contributed by atoms with E-state index in [4.69, 9.17) is 0 Å². The van der Waals surface area contributed by atoms with Gasteiger partial charge in [0.05, 0.1) is 34.2 Å². The Hall–Kier alpha value is -6.42. The van der Waals surface area contributed by atoms with E-state index >= 15 is 0 Å². The SMILES string of the molecule is C1=CC2NC(c3ccc(-c4ccc5c(c4)C4(c6ccccc6-5)c5ccccc5-n5c6ccccc6c6cccc4c65)cc3)N(c3ccccc3)C2C=C1. The number of aromatic nitrogens is 1. The van der Waals surface area contributed by atoms with E-state index in [0.29, 0.717) is 0 Å². The zero-order valence-electron chi connectivity index (χ0n) is 29.0. The smallest absolute Gasteiger partial charge is 0.107 e. The summed E-state index contributed by atoms with van der Waals surface area (Å²) in [6.45, 7) is 0. The highest BCUT2D eigenvalue weighted by atomic mass is 15.4. The molecule has 1 fully saturated rings. The number of benzene rings is 7. The third-order valence-corrected chi connectivity index (χ3v) is 12.4. The first kappa shape index (κ1) is 29.2. The van der Waals surface area contributed by atoms with Crippen LogP contribution in [0, 0.1) is 0 Å². The molecule has 53 heavy (non-hydrogen) atoms. The Balaban J connectivity index is 1.04. The molecule has 1 spiro atoms. The van der Waals surface area contributed by atoms with Gasteiger partial charge in [0.15, 0.2) is 0 Å². The first-order chi connectivity index (χ1) is 26.3. The van der Waals surface area contributed by atoms with Crippen molar-refractivity contribution in [2.24, 2.45) is 0 Å². The van der Waals surface area contributed by atoms with Crippen LogP contribution < -0.4 is 10.2 Å². The summed E-state index contributed by atoms with van der Waals surface area (Å²) in [6.07, 6.45) is 9.01. The van der Waals surface area contributed by atoms with E-state index in [0.717, 1.165) is 0 Å². The van der Waals surface area contributed by atoms with Crippen LogP contribution in [-0.4, -0.2) is 16.7 Å². The van der Waals surface area contributed by atoms with Crippen molar-refractivity contribution in [1.29, 1.82) is 0 Å². The van der Waals surface area contributed by atoms with Gasteiger partial charge in [-0.3, -0.25) is 5.32 Å². The molecule has 3 heterocycles. The van der Waals surface area contributed by atoms with Crippen molar-refractivity contribution in [2.75, 3.05) is 4.90 Å². The van der Waals surface area contributed by atoms with Gasteiger partial charge in [-0.2, -0.15) is 0 Å². The van der Waals surface area contributed by atoms with Gasteiger partial charge in [-0.05, 0) is 80.4 Å². The van der Waals surface area contributed by atoms with Gasteiger partial charge in [-0.25, -0.2) is 0 Å². The highest BCUT2D eigenvalue weighted by molar-refractivity contribution is 6.12. The lowest BCUT2D eigenvalue weighted by Crippen LogP contribution is -2.34. The van der Waals surface area contributed by atoms with Crippen molar-refractivity contribution in [1.82, 2.24) is 9.88 Å². The number of hydrogen-bond acceptors (Lipinski definition) is 2. The second-order valence-corrected chi connectivity index (χ2v) is 14.8. The van der Waals surface area contributed by atoms with Crippen LogP contribution in [0.5, 0.6) is 0 Å². The number of allylic oxidation sites excluding steroid dienone is 2. The Labute approximate surface area is 308 Å². The Morgan fingerprint density at radius 2 is 1.21 bits per heavy atom. The molecule has 0 saturated carbocycles. The van der Waals surface area contributed by atoms with Gasteiger partial charge in [0.25, 0.3) is 0 Å². The minimum Gasteiger partial charge on any atom is -0.343 e. The van der Waals surface area contributed by atoms with E-state index in [1.165, 1.54) is 83.3 Å². The van der Waals surface area contributed by atoms with E-state index in [9.17, 15) is 0 Å². The van der Waals surface area contributed by atoms with Crippen molar-refractivity contribution >= 4 is 27.5 Å². The second-order valence-electron chi connectivity index (χ2n) is 14.8. The van der Waals surface area contributed by atoms with Crippen molar-refractivity contribution in [3.05, 3.63) is 216 Å². The predicted octanol–water partition coefficient (Wildman–Crippen LogP) is 11.1. The molecule has 2 aliphatic carbocycles. The van der Waals surface area contributed by atoms with E-state index in [1.807, 2.05) is 0 Å². The Morgan fingerprint density at radius 3 is 2.11 bits per heavy atom. The molecule has 1 N–H and O–H groups in total. The van der Waals surface area contributed by atoms with Gasteiger partial charge in [-0.1, -0.05) is 158 Å². The van der Waals surface area contributed by atoms with Crippen molar-refractivity contribution in [3.8, 4) is 27.9 Å². The molecule has 250 valence electrons. The minimum absolute atomic E-state index is 0.0672. The van der Waals surface area contributed by atoms with Gasteiger partial charge in [0.2, 0.25) is 0 Å². The lowest BCUT2D eigenvalue weighted by Gasteiger charge is -2.39. The van der Waals surface area contributed by atoms with Gasteiger partial charge < -0.3 is 9.47 Å². The fraction of sp³-hybridized carbons (Fsp3) is 0.0800. The number of para-hydroxylation sites is 4. The molecule has 8 aromatic rings. The van der Waals surface area contributed by atoms with Crippen molar-refractivity contribution in [2.45, 2.75) is 23.7 Å². The first-order valence-electron chi connectivity index (χ1n) is 18.7. The summed E-state index contributed by atoms with van der Waals surface area (Å²) >= 11 is 0. The summed E-state index contributed by atoms with van der Waals surface area (Å²) < 4.78 is 2.52. The maximum Gasteiger partial charge on any atom is 0.107 e. The molecule has 0 bridgehead atoms. The lowest BCUT2D eigenvalue weighted by atomic mass is 9.65. The molecule has 4 unspecified atom stereocenters. The summed E-state index contributed by atoms with van der Waals surface area (Å²) in [4.78, 5) is 2.52. The van der Waals surface area contributed by atoms with E-state index in [1.54, 1.807) is 0 Å². The summed E-state index contributed by atoms with van der Waals surface area (Å²) in [5.41, 5.74) is 16.3. The Bertz CT molecular complexity index is 2840. The van der Waals surface area contributed by atoms with Crippen LogP contribution in [0.25, 0.3) is 49.7 Å². The first-order valence-corrected chi connectivity index (χ1v) is 18.7. The summed E-state index contributed by atoms with van der Waals surface area (Å²) in [6, 6.07) is 61.8. The van der Waals surface area contributed by atoms with Crippen LogP contribution in [0.2, 0.25) is 0 Å². The highest BCUT2D eigenvalue weighted by Gasteiger charge is 2.51. The van der Waals surface area contributed by atoms with Crippen LogP contribution in [0.3, 0.4) is 0 Å². The number of fused-ring (bicyclic) bond motifs is 13. The summed E-state index contributed by atoms with van der Waals surface area (Å²) in [7, 11) is 0. The van der Waals surface area contributed by atoms with Crippen LogP contribution in [0.4, 0.5) is 5.69 Å². The van der Waals surface area contributed by atoms with E-state index < -0.39 is 5.41 Å². The lowest BCUT2D eigenvalue weighted by molar-refractivity contribution is 0.610. The number of rotatable bonds is 3. The van der Waals surface area contributed by atoms with Gasteiger partial charge in [0.1, 0.15) is 6.17 Å². The van der Waals surface area contributed by atoms with E-state index in [-0.39, 0.29) is 18.2 Å². The monoisotopic (exact) mass is 677 g/mol. The second kappa shape index (κ2) is 10.8. The third-order valence-electron chi connectivity index (χ3n) is 12.4. The number of hydrogen-bond donors (Lipinski definition) is 1. The molecular weight excluding hydrogens is 643 g/mol. The largest absolute Gasteiger partial charge is 0.343 e. The normalized spacial score (nSPS) is 21.6. The average molecular weight is 678 g/mol. The van der Waals surface area contributed by atoms with Gasteiger partial charge in [-0.15, -0.1) is 0 Å². The molecule has 7 aromatic carbocycles. The maximum absolute atomic E-state index is 3.92. The molecule has 1 saturated heterocycles. The molecular formula is C50H35N3. The molecule has 0 radical (unpaired) electrons. The molecule has 4 atom stereocenters. The topological polar surface area (TPSA) is 20.2 Å². The van der Waals surface area contributed by atoms with Crippen LogP contribution >= 0.6 is 0 Å². The maximum atomic E-state index is 3.92. The number of nitrogens with one attached hydrogen (secondary N) is 1. The predicted molar refractivity (Wildman–Crippen MR) is 218 cm³/mol. The average Bonchev–Trinajstić information content (AvgIpc) is 3.88. The third kappa shape index (κ3) is 3.82. The van der Waals surface area contributed by atoms with Crippen LogP contribution in [0.1, 0.15) is 34.0 Å². The Morgan fingerprint density at radius 1 is 0.509 bits per heavy atom. The molecule has 2 aliphatic heterocycles. The van der Waals surface area contributed by atoms with Gasteiger partial charge in [0, 0.05) is 16.5 Å². The molecule has 3 nitrogen and oxygen atoms in total. The van der Waals surface area contributed by atoms with Gasteiger partial charge >= 0.3 is 0 Å². The fourth-order valence-electron chi connectivity index (χ4n) is 10.2. The van der Waals surface area contributed by atoms with Crippen LogP contribution in [0.15, 0.2) is 188 Å². The van der Waals surface area contributed by atoms with E-state index in [2.05, 4.69) is 203 Å². The molecule has 0 amide bonds. The molecule has 3 heteroatoms. The number of nitrogens with zero attached hydrogens (tertiary/aromatic N) is 2. The summed E-state index contributed by atoms with van der Waals surface area (Å²) in [5.74, 6) is 0. The fourth-order valence-corrected chi connectivity index (χ4v) is 10.2. The van der Waals surface area contributed by atoms with Crippen molar-refractivity contribution in [3.63, 3.8) is 0 Å². The number of anilines is 1. The quantitative estimate of drug-likeness (QED) is 0.201. The molecule has 1 aromatic heterocycles. The molecule has 12 rings (SSSR count). The Kier molecular flexibility index (Phi) is 5.95. The molecule has 4 aliphatic rings. The highest BCUT2D eigenvalue weighted by Crippen LogP contribution is 2.61. The van der Waals surface area contributed by atoms with Crippen molar-refractivity contribution < 1.29 is 0 Å². The minimum atomic E-state index is -0.455.